The molecule has 0 aromatic carbocycles. The van der Waals surface area contributed by atoms with E-state index in [9.17, 15) is 4.79 Å². The first-order chi connectivity index (χ1) is 6.79. The number of unbranched alkanes of at least 4 members (excludes halogenated alkanes) is 3. The molecule has 80 valence electrons. The highest BCUT2D eigenvalue weighted by molar-refractivity contribution is 5.82. The van der Waals surface area contributed by atoms with E-state index in [1.54, 1.807) is 0 Å². The fourth-order valence-electron chi connectivity index (χ4n) is 1.62. The molecule has 1 saturated heterocycles. The highest BCUT2D eigenvalue weighted by Gasteiger charge is 2.36. The smallest absolute Gasteiger partial charge is 0.321 e. The first-order valence-corrected chi connectivity index (χ1v) is 5.71. The Hall–Kier alpha value is -0.790. The van der Waals surface area contributed by atoms with Crippen LogP contribution >= 0.6 is 0 Å². The molecule has 1 rings (SSSR count). The summed E-state index contributed by atoms with van der Waals surface area (Å²) in [5.74, 6) is 0.991. The van der Waals surface area contributed by atoms with Gasteiger partial charge >= 0.3 is 5.97 Å². The normalized spacial score (nSPS) is 23.4. The molecule has 1 atom stereocenters. The van der Waals surface area contributed by atoms with E-state index in [0.29, 0.717) is 0 Å². The van der Waals surface area contributed by atoms with Crippen molar-refractivity contribution >= 4 is 5.97 Å². The standard InChI is InChI=1S/C12H20O2/c1-3-5-7-9-11-10(8-6-4-2)12(13)14-11/h9-10H,3-8H2,1-2H3/b11-9-/t10-/m0/s1. The van der Waals surface area contributed by atoms with E-state index in [1.807, 2.05) is 0 Å². The molecule has 0 saturated carbocycles. The third-order valence-electron chi connectivity index (χ3n) is 2.60. The monoisotopic (exact) mass is 196 g/mol. The summed E-state index contributed by atoms with van der Waals surface area (Å²) >= 11 is 0. The molecule has 1 aliphatic rings. The summed E-state index contributed by atoms with van der Waals surface area (Å²) in [5, 5.41) is 0. The lowest BCUT2D eigenvalue weighted by Gasteiger charge is -2.27. The summed E-state index contributed by atoms with van der Waals surface area (Å²) in [6.45, 7) is 4.31. The van der Waals surface area contributed by atoms with Crippen molar-refractivity contribution in [2.75, 3.05) is 0 Å². The first kappa shape index (κ1) is 11.3. The Morgan fingerprint density at radius 3 is 2.57 bits per heavy atom. The van der Waals surface area contributed by atoms with Gasteiger partial charge in [-0.3, -0.25) is 4.79 Å². The summed E-state index contributed by atoms with van der Waals surface area (Å²) in [6.07, 6.45) is 8.73. The number of allylic oxidation sites excluding steroid dienone is 1. The number of esters is 1. The van der Waals surface area contributed by atoms with Crippen LogP contribution in [0, 0.1) is 5.92 Å². The molecular weight excluding hydrogens is 176 g/mol. The molecule has 0 spiro atoms. The maximum atomic E-state index is 11.1. The van der Waals surface area contributed by atoms with Crippen molar-refractivity contribution in [3.8, 4) is 0 Å². The van der Waals surface area contributed by atoms with Crippen LogP contribution in [-0.2, 0) is 9.53 Å². The summed E-state index contributed by atoms with van der Waals surface area (Å²) < 4.78 is 5.02. The van der Waals surface area contributed by atoms with Crippen molar-refractivity contribution in [3.63, 3.8) is 0 Å². The zero-order valence-electron chi connectivity index (χ0n) is 9.21. The molecule has 14 heavy (non-hydrogen) atoms. The molecule has 0 aliphatic carbocycles. The van der Waals surface area contributed by atoms with Crippen LogP contribution in [0.1, 0.15) is 52.4 Å². The average molecular weight is 196 g/mol. The fraction of sp³-hybridized carbons (Fsp3) is 0.750. The van der Waals surface area contributed by atoms with Gasteiger partial charge in [0.05, 0.1) is 0 Å². The molecule has 0 bridgehead atoms. The van der Waals surface area contributed by atoms with Crippen molar-refractivity contribution in [1.82, 2.24) is 0 Å². The van der Waals surface area contributed by atoms with Gasteiger partial charge in [0, 0.05) is 0 Å². The average Bonchev–Trinajstić information content (AvgIpc) is 2.17. The molecule has 2 heteroatoms. The Morgan fingerprint density at radius 1 is 1.29 bits per heavy atom. The minimum atomic E-state index is -0.0267. The van der Waals surface area contributed by atoms with Gasteiger partial charge in [0.15, 0.2) is 0 Å². The van der Waals surface area contributed by atoms with Gasteiger partial charge in [-0.2, -0.15) is 0 Å². The van der Waals surface area contributed by atoms with Crippen LogP contribution in [0.25, 0.3) is 0 Å². The summed E-state index contributed by atoms with van der Waals surface area (Å²) in [5.41, 5.74) is 0. The van der Waals surface area contributed by atoms with Crippen molar-refractivity contribution in [1.29, 1.82) is 0 Å². The van der Waals surface area contributed by atoms with Gasteiger partial charge in [-0.15, -0.1) is 0 Å². The van der Waals surface area contributed by atoms with Crippen LogP contribution < -0.4 is 0 Å². The van der Waals surface area contributed by atoms with Crippen LogP contribution in [0.15, 0.2) is 11.8 Å². The van der Waals surface area contributed by atoms with E-state index < -0.39 is 0 Å². The Morgan fingerprint density at radius 2 is 2.00 bits per heavy atom. The Bertz CT molecular complexity index is 218. The molecule has 0 aromatic heterocycles. The minimum absolute atomic E-state index is 0.0267. The lowest BCUT2D eigenvalue weighted by molar-refractivity contribution is -0.157. The zero-order chi connectivity index (χ0) is 10.4. The molecular formula is C12H20O2. The molecule has 1 fully saturated rings. The van der Waals surface area contributed by atoms with E-state index in [2.05, 4.69) is 19.9 Å². The van der Waals surface area contributed by atoms with Crippen LogP contribution in [0.3, 0.4) is 0 Å². The van der Waals surface area contributed by atoms with Gasteiger partial charge in [0.1, 0.15) is 11.7 Å². The summed E-state index contributed by atoms with van der Waals surface area (Å²) in [6, 6.07) is 0. The third-order valence-corrected chi connectivity index (χ3v) is 2.60. The molecule has 0 amide bonds. The van der Waals surface area contributed by atoms with Crippen LogP contribution in [0.4, 0.5) is 0 Å². The maximum Gasteiger partial charge on any atom is 0.321 e. The van der Waals surface area contributed by atoms with Crippen LogP contribution in [0.5, 0.6) is 0 Å². The predicted octanol–water partition coefficient (Wildman–Crippen LogP) is 3.42. The number of hydrogen-bond donors (Lipinski definition) is 0. The van der Waals surface area contributed by atoms with Gasteiger partial charge in [-0.05, 0) is 25.3 Å². The van der Waals surface area contributed by atoms with E-state index in [4.69, 9.17) is 4.74 Å². The molecule has 0 unspecified atom stereocenters. The highest BCUT2D eigenvalue weighted by Crippen LogP contribution is 2.31. The van der Waals surface area contributed by atoms with Crippen molar-refractivity contribution in [2.24, 2.45) is 5.92 Å². The molecule has 0 N–H and O–H groups in total. The van der Waals surface area contributed by atoms with E-state index >= 15 is 0 Å². The van der Waals surface area contributed by atoms with Gasteiger partial charge in [-0.1, -0.05) is 33.1 Å². The number of cyclic esters (lactones) is 1. The van der Waals surface area contributed by atoms with E-state index in [-0.39, 0.29) is 11.9 Å². The van der Waals surface area contributed by atoms with Gasteiger partial charge in [0.2, 0.25) is 0 Å². The van der Waals surface area contributed by atoms with Crippen molar-refractivity contribution in [2.45, 2.75) is 52.4 Å². The minimum Gasteiger partial charge on any atom is -0.430 e. The number of carbonyl (C=O) groups is 1. The number of hydrogen-bond acceptors (Lipinski definition) is 2. The Balaban J connectivity index is 2.31. The lowest BCUT2D eigenvalue weighted by atomic mass is 9.95. The zero-order valence-corrected chi connectivity index (χ0v) is 9.21. The lowest BCUT2D eigenvalue weighted by Crippen LogP contribution is -2.32. The molecule has 1 heterocycles. The number of rotatable bonds is 6. The SMILES string of the molecule is CCCC/C=C1\OC(=O)[C@H]1CCCC. The quantitative estimate of drug-likeness (QED) is 0.480. The van der Waals surface area contributed by atoms with Crippen LogP contribution in [0.2, 0.25) is 0 Å². The van der Waals surface area contributed by atoms with Crippen molar-refractivity contribution in [3.05, 3.63) is 11.8 Å². The topological polar surface area (TPSA) is 26.3 Å². The largest absolute Gasteiger partial charge is 0.430 e. The second-order valence-electron chi connectivity index (χ2n) is 3.86. The molecule has 2 nitrogen and oxygen atoms in total. The third kappa shape index (κ3) is 2.86. The highest BCUT2D eigenvalue weighted by atomic mass is 16.6. The summed E-state index contributed by atoms with van der Waals surface area (Å²) in [7, 11) is 0. The summed E-state index contributed by atoms with van der Waals surface area (Å²) in [4.78, 5) is 11.1. The number of carbonyl (C=O) groups excluding carboxylic acids is 1. The Labute approximate surface area is 86.3 Å². The van der Waals surface area contributed by atoms with E-state index in [1.165, 1.54) is 12.8 Å². The van der Waals surface area contributed by atoms with Gasteiger partial charge in [-0.25, -0.2) is 0 Å². The number of ether oxygens (including phenoxy) is 1. The first-order valence-electron chi connectivity index (χ1n) is 5.71. The second kappa shape index (κ2) is 5.84. The van der Waals surface area contributed by atoms with Gasteiger partial charge in [0.25, 0.3) is 0 Å². The molecule has 1 aliphatic heterocycles. The Kier molecular flexibility index (Phi) is 4.71. The maximum absolute atomic E-state index is 11.1. The second-order valence-corrected chi connectivity index (χ2v) is 3.86. The molecule has 0 aromatic rings. The van der Waals surface area contributed by atoms with Gasteiger partial charge < -0.3 is 4.74 Å². The fourth-order valence-corrected chi connectivity index (χ4v) is 1.62. The molecule has 0 radical (unpaired) electrons. The van der Waals surface area contributed by atoms with Crippen molar-refractivity contribution < 1.29 is 9.53 Å². The predicted molar refractivity (Wildman–Crippen MR) is 56.7 cm³/mol. The van der Waals surface area contributed by atoms with E-state index in [0.717, 1.165) is 31.4 Å². The van der Waals surface area contributed by atoms with Crippen LogP contribution in [-0.4, -0.2) is 5.97 Å².